The summed E-state index contributed by atoms with van der Waals surface area (Å²) in [5.74, 6) is 0. The third kappa shape index (κ3) is 6.51. The number of hydrogen-bond donors (Lipinski definition) is 1. The van der Waals surface area contributed by atoms with Gasteiger partial charge in [-0.15, -0.1) is 0 Å². The van der Waals surface area contributed by atoms with Crippen molar-refractivity contribution < 1.29 is 28.1 Å². The quantitative estimate of drug-likeness (QED) is 0.458. The maximum Gasteiger partial charge on any atom is 0.261 e. The second-order valence-corrected chi connectivity index (χ2v) is 17.4. The summed E-state index contributed by atoms with van der Waals surface area (Å²) < 4.78 is 38.0. The Bertz CT molecular complexity index is 1160. The molecule has 4 heterocycles. The zero-order valence-electron chi connectivity index (χ0n) is 26.1. The lowest BCUT2D eigenvalue weighted by Gasteiger charge is -2.48. The average Bonchev–Trinajstić information content (AvgIpc) is 3.51. The number of benzene rings is 2. The van der Waals surface area contributed by atoms with E-state index in [9.17, 15) is 0 Å². The Kier molecular flexibility index (Phi) is 9.71. The van der Waals surface area contributed by atoms with Crippen LogP contribution in [0.4, 0.5) is 0 Å². The standard InChI is InChI=1S/C34H48N2O6Si/c1-25-21-36(33(30-24-38-18-20-40-30)35-32(25)29-23-37-17-19-39-29)31-16-15-26(42-31)22-41-43(34(2,3)4,27-11-7-5-8-12-27)28-13-9-6-10-14-28/h5-14,21,26,29-33,35H,15-20,22-24H2,1-4H3/t26-,29?,30?,31-,32?,33?/m1/s1. The molecule has 9 heteroatoms. The summed E-state index contributed by atoms with van der Waals surface area (Å²) in [5, 5.41) is 6.35. The Morgan fingerprint density at radius 3 is 2.00 bits per heavy atom. The molecular weight excluding hydrogens is 560 g/mol. The van der Waals surface area contributed by atoms with E-state index in [1.165, 1.54) is 15.9 Å². The summed E-state index contributed by atoms with van der Waals surface area (Å²) in [6.45, 7) is 13.3. The first kappa shape index (κ1) is 30.9. The molecule has 234 valence electrons. The predicted molar refractivity (Wildman–Crippen MR) is 169 cm³/mol. The van der Waals surface area contributed by atoms with Crippen LogP contribution < -0.4 is 15.7 Å². The molecule has 0 aliphatic carbocycles. The molecule has 0 saturated carbocycles. The Hall–Kier alpha value is -2.08. The van der Waals surface area contributed by atoms with Crippen molar-refractivity contribution in [1.29, 1.82) is 0 Å². The van der Waals surface area contributed by atoms with E-state index in [1.807, 2.05) is 0 Å². The molecule has 1 N–H and O–H groups in total. The molecule has 4 aliphatic heterocycles. The molecule has 0 amide bonds. The molecule has 43 heavy (non-hydrogen) atoms. The van der Waals surface area contributed by atoms with Crippen LogP contribution in [0.2, 0.25) is 5.04 Å². The van der Waals surface area contributed by atoms with Crippen molar-refractivity contribution in [2.75, 3.05) is 46.2 Å². The van der Waals surface area contributed by atoms with Crippen LogP contribution in [0.25, 0.3) is 0 Å². The molecule has 2 aromatic rings. The molecule has 2 aromatic carbocycles. The van der Waals surface area contributed by atoms with E-state index in [-0.39, 0.29) is 41.8 Å². The lowest BCUT2D eigenvalue weighted by molar-refractivity contribution is -0.158. The third-order valence-electron chi connectivity index (χ3n) is 9.24. The highest BCUT2D eigenvalue weighted by Gasteiger charge is 2.51. The highest BCUT2D eigenvalue weighted by atomic mass is 28.4. The summed E-state index contributed by atoms with van der Waals surface area (Å²) in [6.07, 6.45) is 3.77. The first-order chi connectivity index (χ1) is 20.9. The third-order valence-corrected chi connectivity index (χ3v) is 14.2. The van der Waals surface area contributed by atoms with Crippen molar-refractivity contribution in [2.45, 2.75) is 82.3 Å². The van der Waals surface area contributed by atoms with Gasteiger partial charge in [0.2, 0.25) is 0 Å². The summed E-state index contributed by atoms with van der Waals surface area (Å²) >= 11 is 0. The first-order valence-electron chi connectivity index (χ1n) is 15.9. The molecule has 0 aromatic heterocycles. The molecule has 3 fully saturated rings. The second-order valence-electron chi connectivity index (χ2n) is 13.1. The molecular formula is C34H48N2O6Si. The van der Waals surface area contributed by atoms with Gasteiger partial charge in [0, 0.05) is 6.20 Å². The first-order valence-corrected chi connectivity index (χ1v) is 17.8. The van der Waals surface area contributed by atoms with E-state index in [1.54, 1.807) is 0 Å². The van der Waals surface area contributed by atoms with E-state index >= 15 is 0 Å². The summed E-state index contributed by atoms with van der Waals surface area (Å²) in [4.78, 5) is 2.32. The Labute approximate surface area is 257 Å². The van der Waals surface area contributed by atoms with Crippen LogP contribution in [0, 0.1) is 0 Å². The summed E-state index contributed by atoms with van der Waals surface area (Å²) in [7, 11) is -2.64. The Morgan fingerprint density at radius 1 is 0.837 bits per heavy atom. The molecule has 0 bridgehead atoms. The zero-order valence-corrected chi connectivity index (χ0v) is 27.1. The molecule has 4 aliphatic rings. The number of hydrogen-bond acceptors (Lipinski definition) is 8. The van der Waals surface area contributed by atoms with Crippen molar-refractivity contribution in [3.8, 4) is 0 Å². The van der Waals surface area contributed by atoms with Gasteiger partial charge >= 0.3 is 0 Å². The monoisotopic (exact) mass is 608 g/mol. The minimum atomic E-state index is -2.64. The molecule has 3 saturated heterocycles. The number of rotatable bonds is 8. The van der Waals surface area contributed by atoms with Gasteiger partial charge in [0.05, 0.1) is 58.4 Å². The van der Waals surface area contributed by atoms with Crippen LogP contribution in [0.1, 0.15) is 40.5 Å². The number of nitrogens with one attached hydrogen (secondary N) is 1. The summed E-state index contributed by atoms with van der Waals surface area (Å²) in [5.41, 5.74) is 1.21. The predicted octanol–water partition coefficient (Wildman–Crippen LogP) is 3.40. The van der Waals surface area contributed by atoms with Gasteiger partial charge in [-0.05, 0) is 40.8 Å². The van der Waals surface area contributed by atoms with Crippen molar-refractivity contribution >= 4 is 18.7 Å². The number of nitrogens with zero attached hydrogens (tertiary/aromatic N) is 1. The van der Waals surface area contributed by atoms with Gasteiger partial charge in [-0.3, -0.25) is 5.32 Å². The fourth-order valence-electron chi connectivity index (χ4n) is 7.15. The van der Waals surface area contributed by atoms with Crippen molar-refractivity contribution in [1.82, 2.24) is 10.2 Å². The van der Waals surface area contributed by atoms with Gasteiger partial charge in [-0.1, -0.05) is 81.4 Å². The van der Waals surface area contributed by atoms with Crippen LogP contribution >= 0.6 is 0 Å². The van der Waals surface area contributed by atoms with Gasteiger partial charge < -0.3 is 33.0 Å². The molecule has 6 atom stereocenters. The van der Waals surface area contributed by atoms with E-state index in [4.69, 9.17) is 28.1 Å². The molecule has 0 radical (unpaired) electrons. The molecule has 6 rings (SSSR count). The van der Waals surface area contributed by atoms with Gasteiger partial charge in [0.15, 0.2) is 0 Å². The van der Waals surface area contributed by atoms with E-state index in [0.717, 1.165) is 12.8 Å². The topological polar surface area (TPSA) is 70.7 Å². The molecule has 0 spiro atoms. The molecule has 8 nitrogen and oxygen atoms in total. The van der Waals surface area contributed by atoms with Crippen LogP contribution in [0.15, 0.2) is 72.4 Å². The normalized spacial score (nSPS) is 30.7. The van der Waals surface area contributed by atoms with Gasteiger partial charge in [0.25, 0.3) is 8.32 Å². The fourth-order valence-corrected chi connectivity index (χ4v) is 11.7. The number of ether oxygens (including phenoxy) is 5. The van der Waals surface area contributed by atoms with Crippen LogP contribution in [0.5, 0.6) is 0 Å². The van der Waals surface area contributed by atoms with Gasteiger partial charge in [0.1, 0.15) is 24.6 Å². The smallest absolute Gasteiger partial charge is 0.261 e. The van der Waals surface area contributed by atoms with Crippen molar-refractivity contribution in [3.63, 3.8) is 0 Å². The molecule has 4 unspecified atom stereocenters. The maximum atomic E-state index is 7.24. The van der Waals surface area contributed by atoms with Gasteiger partial charge in [-0.25, -0.2) is 0 Å². The van der Waals surface area contributed by atoms with E-state index in [2.05, 4.69) is 105 Å². The van der Waals surface area contributed by atoms with Crippen LogP contribution in [0.3, 0.4) is 0 Å². The van der Waals surface area contributed by atoms with Crippen molar-refractivity contribution in [2.24, 2.45) is 0 Å². The second kappa shape index (κ2) is 13.5. The maximum absolute atomic E-state index is 7.24. The SMILES string of the molecule is CC1=CN([C@H]2CC[C@H](CO[Si](c3ccccc3)(c3ccccc3)C(C)(C)C)O2)C(C2COCCO2)NC1C1COCCO1. The Morgan fingerprint density at radius 2 is 1.44 bits per heavy atom. The minimum Gasteiger partial charge on any atom is -0.405 e. The Balaban J connectivity index is 1.22. The highest BCUT2D eigenvalue weighted by Crippen LogP contribution is 2.38. The lowest BCUT2D eigenvalue weighted by atomic mass is 9.98. The van der Waals surface area contributed by atoms with E-state index < -0.39 is 8.32 Å². The van der Waals surface area contributed by atoms with E-state index in [0.29, 0.717) is 46.2 Å². The highest BCUT2D eigenvalue weighted by molar-refractivity contribution is 6.99. The largest absolute Gasteiger partial charge is 0.405 e. The van der Waals surface area contributed by atoms with Crippen LogP contribution in [-0.2, 0) is 28.1 Å². The average molecular weight is 609 g/mol. The summed E-state index contributed by atoms with van der Waals surface area (Å²) in [6, 6.07) is 21.7. The van der Waals surface area contributed by atoms with Gasteiger partial charge in [-0.2, -0.15) is 0 Å². The minimum absolute atomic E-state index is 0.00247. The zero-order chi connectivity index (χ0) is 29.9. The fraction of sp³-hybridized carbons (Fsp3) is 0.588. The van der Waals surface area contributed by atoms with Crippen LogP contribution in [-0.4, -0.2) is 96.2 Å². The lowest BCUT2D eigenvalue weighted by Crippen LogP contribution is -2.67. The van der Waals surface area contributed by atoms with Crippen molar-refractivity contribution in [3.05, 3.63) is 72.4 Å².